The van der Waals surface area contributed by atoms with Crippen LogP contribution in [0.3, 0.4) is 0 Å². The van der Waals surface area contributed by atoms with Crippen molar-refractivity contribution < 1.29 is 0 Å². The molecule has 0 spiro atoms. The average Bonchev–Trinajstić information content (AvgIpc) is 2.95. The summed E-state index contributed by atoms with van der Waals surface area (Å²) < 4.78 is 0. The number of aryl methyl sites for hydroxylation is 2. The normalized spacial score (nSPS) is 24.6. The van der Waals surface area contributed by atoms with Crippen LogP contribution in [-0.4, -0.2) is 30.1 Å². The number of nitrogens with zero attached hydrogens (tertiary/aromatic N) is 1. The Morgan fingerprint density at radius 3 is 2.57 bits per heavy atom. The van der Waals surface area contributed by atoms with Crippen molar-refractivity contribution in [3.8, 4) is 0 Å². The van der Waals surface area contributed by atoms with Gasteiger partial charge in [-0.05, 0) is 57.2 Å². The largest absolute Gasteiger partial charge is 0.310 e. The van der Waals surface area contributed by atoms with Gasteiger partial charge in [-0.15, -0.1) is 0 Å². The molecule has 1 saturated heterocycles. The fourth-order valence-electron chi connectivity index (χ4n) is 4.03. The van der Waals surface area contributed by atoms with Gasteiger partial charge in [-0.1, -0.05) is 36.6 Å². The highest BCUT2D eigenvalue weighted by Crippen LogP contribution is 2.21. The Hall–Kier alpha value is -0.860. The summed E-state index contributed by atoms with van der Waals surface area (Å²) in [7, 11) is 0. The molecular formula is C19H30N2. The quantitative estimate of drug-likeness (QED) is 0.905. The fraction of sp³-hybridized carbons (Fsp3) is 0.684. The van der Waals surface area contributed by atoms with E-state index in [1.807, 2.05) is 0 Å². The van der Waals surface area contributed by atoms with Crippen LogP contribution in [0, 0.1) is 13.8 Å². The predicted octanol–water partition coefficient (Wildman–Crippen LogP) is 3.80. The Balaban J connectivity index is 1.55. The van der Waals surface area contributed by atoms with Gasteiger partial charge in [0.25, 0.3) is 0 Å². The highest BCUT2D eigenvalue weighted by atomic mass is 15.2. The van der Waals surface area contributed by atoms with Crippen molar-refractivity contribution in [1.82, 2.24) is 10.2 Å². The summed E-state index contributed by atoms with van der Waals surface area (Å²) in [6, 6.07) is 8.40. The zero-order valence-corrected chi connectivity index (χ0v) is 13.7. The first-order chi connectivity index (χ1) is 10.2. The van der Waals surface area contributed by atoms with Crippen LogP contribution in [0.5, 0.6) is 0 Å². The molecule has 3 rings (SSSR count). The molecule has 2 nitrogen and oxygen atoms in total. The predicted molar refractivity (Wildman–Crippen MR) is 89.6 cm³/mol. The average molecular weight is 286 g/mol. The molecule has 1 atom stereocenters. The minimum absolute atomic E-state index is 0.715. The summed E-state index contributed by atoms with van der Waals surface area (Å²) in [4.78, 5) is 2.65. The van der Waals surface area contributed by atoms with E-state index in [-0.39, 0.29) is 0 Å². The van der Waals surface area contributed by atoms with Crippen LogP contribution in [0.15, 0.2) is 18.2 Å². The highest BCUT2D eigenvalue weighted by Gasteiger charge is 2.24. The topological polar surface area (TPSA) is 15.3 Å². The molecule has 1 aliphatic carbocycles. The highest BCUT2D eigenvalue weighted by molar-refractivity contribution is 5.30. The zero-order chi connectivity index (χ0) is 14.7. The molecule has 1 heterocycles. The summed E-state index contributed by atoms with van der Waals surface area (Å²) in [5.41, 5.74) is 4.32. The Labute approximate surface area is 129 Å². The van der Waals surface area contributed by atoms with Crippen molar-refractivity contribution in [3.05, 3.63) is 34.9 Å². The third kappa shape index (κ3) is 4.08. The molecule has 1 aliphatic heterocycles. The molecule has 0 aromatic heterocycles. The second-order valence-electron chi connectivity index (χ2n) is 7.15. The van der Waals surface area contributed by atoms with Gasteiger partial charge in [-0.25, -0.2) is 0 Å². The van der Waals surface area contributed by atoms with Crippen molar-refractivity contribution in [2.45, 2.75) is 71.0 Å². The van der Waals surface area contributed by atoms with Crippen LogP contribution in [0.4, 0.5) is 0 Å². The molecule has 1 unspecified atom stereocenters. The van der Waals surface area contributed by atoms with E-state index in [0.717, 1.165) is 12.6 Å². The molecule has 1 aromatic rings. The van der Waals surface area contributed by atoms with Crippen molar-refractivity contribution in [1.29, 1.82) is 0 Å². The van der Waals surface area contributed by atoms with Gasteiger partial charge >= 0.3 is 0 Å². The monoisotopic (exact) mass is 286 g/mol. The smallest absolute Gasteiger partial charge is 0.0237 e. The van der Waals surface area contributed by atoms with Crippen LogP contribution in [0.25, 0.3) is 0 Å². The first-order valence-corrected chi connectivity index (χ1v) is 8.75. The Bertz CT molecular complexity index is 463. The molecule has 1 aromatic carbocycles. The molecule has 2 heteroatoms. The molecular weight excluding hydrogens is 256 g/mol. The Morgan fingerprint density at radius 1 is 1.05 bits per heavy atom. The molecule has 0 radical (unpaired) electrons. The van der Waals surface area contributed by atoms with Gasteiger partial charge in [0.15, 0.2) is 0 Å². The second-order valence-corrected chi connectivity index (χ2v) is 7.15. The molecule has 2 fully saturated rings. The molecule has 2 aliphatic rings. The number of hydrogen-bond donors (Lipinski definition) is 1. The van der Waals surface area contributed by atoms with Gasteiger partial charge in [0.1, 0.15) is 0 Å². The lowest BCUT2D eigenvalue weighted by molar-refractivity contribution is 0.175. The van der Waals surface area contributed by atoms with E-state index in [9.17, 15) is 0 Å². The van der Waals surface area contributed by atoms with Crippen molar-refractivity contribution in [3.63, 3.8) is 0 Å². The molecule has 0 amide bonds. The third-order valence-electron chi connectivity index (χ3n) is 5.22. The first kappa shape index (κ1) is 15.1. The third-order valence-corrected chi connectivity index (χ3v) is 5.22. The van der Waals surface area contributed by atoms with Gasteiger partial charge in [0.05, 0.1) is 0 Å². The molecule has 1 saturated carbocycles. The first-order valence-electron chi connectivity index (χ1n) is 8.75. The number of piperidine rings is 1. The summed E-state index contributed by atoms with van der Waals surface area (Å²) in [5, 5.41) is 3.92. The number of benzene rings is 1. The van der Waals surface area contributed by atoms with Gasteiger partial charge in [-0.2, -0.15) is 0 Å². The van der Waals surface area contributed by atoms with Crippen LogP contribution < -0.4 is 5.32 Å². The standard InChI is InChI=1S/C19H30N2/c1-15-9-10-17(16(2)12-15)13-21-11-5-8-19(14-21)20-18-6-3-4-7-18/h9-10,12,18-20H,3-8,11,13-14H2,1-2H3. The number of rotatable bonds is 4. The number of hydrogen-bond acceptors (Lipinski definition) is 2. The number of nitrogens with one attached hydrogen (secondary N) is 1. The van der Waals surface area contributed by atoms with Gasteiger partial charge in [-0.3, -0.25) is 4.90 Å². The fourth-order valence-corrected chi connectivity index (χ4v) is 4.03. The lowest BCUT2D eigenvalue weighted by Gasteiger charge is -2.35. The van der Waals surface area contributed by atoms with E-state index >= 15 is 0 Å². The molecule has 0 bridgehead atoms. The summed E-state index contributed by atoms with van der Waals surface area (Å²) in [5.74, 6) is 0. The minimum atomic E-state index is 0.715. The Morgan fingerprint density at radius 2 is 1.81 bits per heavy atom. The molecule has 21 heavy (non-hydrogen) atoms. The summed E-state index contributed by atoms with van der Waals surface area (Å²) in [6.07, 6.45) is 8.35. The molecule has 1 N–H and O–H groups in total. The van der Waals surface area contributed by atoms with E-state index in [0.29, 0.717) is 6.04 Å². The lowest BCUT2D eigenvalue weighted by atomic mass is 10.0. The van der Waals surface area contributed by atoms with Crippen LogP contribution in [0.2, 0.25) is 0 Å². The van der Waals surface area contributed by atoms with Gasteiger partial charge in [0.2, 0.25) is 0 Å². The van der Waals surface area contributed by atoms with Crippen LogP contribution in [0.1, 0.15) is 55.2 Å². The Kier molecular flexibility index (Phi) is 4.97. The maximum Gasteiger partial charge on any atom is 0.0237 e. The lowest BCUT2D eigenvalue weighted by Crippen LogP contribution is -2.48. The van der Waals surface area contributed by atoms with Gasteiger partial charge < -0.3 is 5.32 Å². The van der Waals surface area contributed by atoms with E-state index in [1.165, 1.54) is 68.3 Å². The SMILES string of the molecule is Cc1ccc(CN2CCCC(NC3CCCC3)C2)c(C)c1. The van der Waals surface area contributed by atoms with Crippen molar-refractivity contribution in [2.24, 2.45) is 0 Å². The molecule has 116 valence electrons. The van der Waals surface area contributed by atoms with Crippen molar-refractivity contribution >= 4 is 0 Å². The summed E-state index contributed by atoms with van der Waals surface area (Å²) in [6.45, 7) is 8.04. The van der Waals surface area contributed by atoms with Crippen LogP contribution >= 0.6 is 0 Å². The van der Waals surface area contributed by atoms with E-state index < -0.39 is 0 Å². The van der Waals surface area contributed by atoms with E-state index in [2.05, 4.69) is 42.3 Å². The second kappa shape index (κ2) is 6.93. The van der Waals surface area contributed by atoms with Crippen molar-refractivity contribution in [2.75, 3.05) is 13.1 Å². The maximum atomic E-state index is 3.92. The van der Waals surface area contributed by atoms with E-state index in [4.69, 9.17) is 0 Å². The summed E-state index contributed by atoms with van der Waals surface area (Å²) >= 11 is 0. The van der Waals surface area contributed by atoms with Crippen LogP contribution in [-0.2, 0) is 6.54 Å². The number of likely N-dealkylation sites (tertiary alicyclic amines) is 1. The van der Waals surface area contributed by atoms with Gasteiger partial charge in [0, 0.05) is 25.2 Å². The van der Waals surface area contributed by atoms with E-state index in [1.54, 1.807) is 0 Å². The minimum Gasteiger partial charge on any atom is -0.310 e. The maximum absolute atomic E-state index is 3.92. The zero-order valence-electron chi connectivity index (χ0n) is 13.7.